The molecule has 0 heterocycles. The first-order valence-electron chi connectivity index (χ1n) is 8.50. The van der Waals surface area contributed by atoms with Crippen LogP contribution in [-0.4, -0.2) is 39.7 Å². The molecule has 162 valence electrons. The largest absolute Gasteiger partial charge is 0.465 e. The Bertz CT molecular complexity index is 1050. The predicted molar refractivity (Wildman–Crippen MR) is 105 cm³/mol. The fraction of sp³-hybridized carbons (Fsp3) is 0.263. The quantitative estimate of drug-likeness (QED) is 0.691. The lowest BCUT2D eigenvalue weighted by molar-refractivity contribution is -0.137. The summed E-state index contributed by atoms with van der Waals surface area (Å²) in [6, 6.07) is 8.01. The molecule has 0 aromatic heterocycles. The molecule has 30 heavy (non-hydrogen) atoms. The van der Waals surface area contributed by atoms with Gasteiger partial charge >= 0.3 is 12.1 Å². The minimum Gasteiger partial charge on any atom is -0.465 e. The summed E-state index contributed by atoms with van der Waals surface area (Å²) in [6.45, 7) is 1.24. The number of anilines is 2. The molecule has 2 rings (SSSR count). The van der Waals surface area contributed by atoms with E-state index in [1.165, 1.54) is 38.3 Å². The number of alkyl halides is 3. The number of esters is 1. The SMILES string of the molecule is COC(=O)c1cccc(NC(=O)[C@@H](C)N(c2cccc(C(F)(F)F)c2)S(C)(=O)=O)c1. The lowest BCUT2D eigenvalue weighted by atomic mass is 10.1. The highest BCUT2D eigenvalue weighted by atomic mass is 32.2. The highest BCUT2D eigenvalue weighted by Gasteiger charge is 2.34. The monoisotopic (exact) mass is 444 g/mol. The fourth-order valence-corrected chi connectivity index (χ4v) is 3.88. The molecule has 2 aromatic carbocycles. The molecule has 11 heteroatoms. The lowest BCUT2D eigenvalue weighted by Gasteiger charge is -2.28. The van der Waals surface area contributed by atoms with E-state index in [1.807, 2.05) is 0 Å². The number of methoxy groups -OCH3 is 1. The smallest absolute Gasteiger partial charge is 0.416 e. The van der Waals surface area contributed by atoms with Gasteiger partial charge < -0.3 is 10.1 Å². The number of nitrogens with zero attached hydrogens (tertiary/aromatic N) is 1. The Labute approximate surface area is 171 Å². The summed E-state index contributed by atoms with van der Waals surface area (Å²) in [4.78, 5) is 24.3. The number of sulfonamides is 1. The molecular weight excluding hydrogens is 425 g/mol. The van der Waals surface area contributed by atoms with Crippen LogP contribution < -0.4 is 9.62 Å². The van der Waals surface area contributed by atoms with E-state index in [0.717, 1.165) is 24.5 Å². The molecule has 0 bridgehead atoms. The van der Waals surface area contributed by atoms with Gasteiger partial charge in [-0.3, -0.25) is 9.10 Å². The number of benzene rings is 2. The molecule has 0 aliphatic rings. The number of ether oxygens (including phenoxy) is 1. The molecule has 1 amide bonds. The second-order valence-corrected chi connectivity index (χ2v) is 8.20. The molecule has 0 unspecified atom stereocenters. The molecule has 0 spiro atoms. The van der Waals surface area contributed by atoms with Crippen LogP contribution in [0.1, 0.15) is 22.8 Å². The highest BCUT2D eigenvalue weighted by Crippen LogP contribution is 2.33. The summed E-state index contributed by atoms with van der Waals surface area (Å²) in [5.74, 6) is -1.44. The number of hydrogen-bond acceptors (Lipinski definition) is 5. The van der Waals surface area contributed by atoms with Crippen LogP contribution in [0.15, 0.2) is 48.5 Å². The van der Waals surface area contributed by atoms with Crippen LogP contribution >= 0.6 is 0 Å². The van der Waals surface area contributed by atoms with E-state index in [2.05, 4.69) is 10.1 Å². The first kappa shape index (κ1) is 23.2. The van der Waals surface area contributed by atoms with Crippen molar-refractivity contribution >= 4 is 33.3 Å². The molecule has 0 fully saturated rings. The van der Waals surface area contributed by atoms with Gasteiger partial charge in [0.1, 0.15) is 6.04 Å². The maximum Gasteiger partial charge on any atom is 0.416 e. The highest BCUT2D eigenvalue weighted by molar-refractivity contribution is 7.92. The zero-order valence-corrected chi connectivity index (χ0v) is 17.0. The van der Waals surface area contributed by atoms with Crippen molar-refractivity contribution < 1.29 is 35.9 Å². The summed E-state index contributed by atoms with van der Waals surface area (Å²) in [7, 11) is -2.92. The van der Waals surface area contributed by atoms with Crippen LogP contribution in [0, 0.1) is 0 Å². The second kappa shape index (κ2) is 8.74. The standard InChI is InChI=1S/C19H19F3N2O5S/c1-12(17(25)23-15-8-4-6-13(10-15)18(26)29-2)24(30(3,27)28)16-9-5-7-14(11-16)19(20,21)22/h4-12H,1-3H3,(H,23,25)/t12-/m1/s1. The first-order valence-corrected chi connectivity index (χ1v) is 10.4. The van der Waals surface area contributed by atoms with Crippen LogP contribution in [0.25, 0.3) is 0 Å². The third-order valence-corrected chi connectivity index (χ3v) is 5.31. The van der Waals surface area contributed by atoms with Gasteiger partial charge in [0.05, 0.1) is 30.2 Å². The molecule has 1 N–H and O–H groups in total. The zero-order valence-electron chi connectivity index (χ0n) is 16.2. The van der Waals surface area contributed by atoms with Crippen LogP contribution in [0.2, 0.25) is 0 Å². The topological polar surface area (TPSA) is 92.8 Å². The van der Waals surface area contributed by atoms with Gasteiger partial charge in [0.15, 0.2) is 0 Å². The Morgan fingerprint density at radius 3 is 2.30 bits per heavy atom. The molecule has 0 aliphatic carbocycles. The summed E-state index contributed by atoms with van der Waals surface area (Å²) < 4.78 is 68.8. The Kier molecular flexibility index (Phi) is 6.76. The summed E-state index contributed by atoms with van der Waals surface area (Å²) in [5, 5.41) is 2.45. The maximum atomic E-state index is 13.0. The van der Waals surface area contributed by atoms with Gasteiger partial charge in [0.25, 0.3) is 0 Å². The molecule has 7 nitrogen and oxygen atoms in total. The van der Waals surface area contributed by atoms with Crippen molar-refractivity contribution in [3.8, 4) is 0 Å². The Morgan fingerprint density at radius 1 is 1.10 bits per heavy atom. The molecule has 2 aromatic rings. The Balaban J connectivity index is 2.36. The molecule has 0 aliphatic heterocycles. The van der Waals surface area contributed by atoms with Crippen molar-refractivity contribution in [2.45, 2.75) is 19.1 Å². The van der Waals surface area contributed by atoms with E-state index in [9.17, 15) is 31.2 Å². The zero-order chi connectivity index (χ0) is 22.7. The number of rotatable bonds is 6. The lowest BCUT2D eigenvalue weighted by Crippen LogP contribution is -2.45. The number of halogens is 3. The fourth-order valence-electron chi connectivity index (χ4n) is 2.72. The molecule has 0 saturated carbocycles. The van der Waals surface area contributed by atoms with Crippen LogP contribution in [0.4, 0.5) is 24.5 Å². The Morgan fingerprint density at radius 2 is 1.73 bits per heavy atom. The van der Waals surface area contributed by atoms with Crippen molar-refractivity contribution in [2.24, 2.45) is 0 Å². The predicted octanol–water partition coefficient (Wildman–Crippen LogP) is 3.29. The Hall–Kier alpha value is -3.08. The third kappa shape index (κ3) is 5.50. The van der Waals surface area contributed by atoms with Crippen LogP contribution in [0.5, 0.6) is 0 Å². The van der Waals surface area contributed by atoms with Gasteiger partial charge in [-0.2, -0.15) is 13.2 Å². The van der Waals surface area contributed by atoms with E-state index in [1.54, 1.807) is 0 Å². The van der Waals surface area contributed by atoms with Gasteiger partial charge in [0, 0.05) is 5.69 Å². The van der Waals surface area contributed by atoms with Crippen molar-refractivity contribution in [1.29, 1.82) is 0 Å². The van der Waals surface area contributed by atoms with E-state index in [4.69, 9.17) is 0 Å². The summed E-state index contributed by atoms with van der Waals surface area (Å²) in [5.41, 5.74) is -1.02. The van der Waals surface area contributed by atoms with E-state index < -0.39 is 39.7 Å². The van der Waals surface area contributed by atoms with Crippen LogP contribution in [0.3, 0.4) is 0 Å². The molecule has 1 atom stereocenters. The first-order chi connectivity index (χ1) is 13.8. The van der Waals surface area contributed by atoms with E-state index >= 15 is 0 Å². The average molecular weight is 444 g/mol. The van der Waals surface area contributed by atoms with Crippen molar-refractivity contribution in [3.63, 3.8) is 0 Å². The van der Waals surface area contributed by atoms with Crippen molar-refractivity contribution in [2.75, 3.05) is 23.0 Å². The number of nitrogens with one attached hydrogen (secondary N) is 1. The van der Waals surface area contributed by atoms with Gasteiger partial charge in [0.2, 0.25) is 15.9 Å². The van der Waals surface area contributed by atoms with Crippen molar-refractivity contribution in [3.05, 3.63) is 59.7 Å². The number of hydrogen-bond donors (Lipinski definition) is 1. The average Bonchev–Trinajstić information content (AvgIpc) is 2.66. The van der Waals surface area contributed by atoms with Crippen molar-refractivity contribution in [1.82, 2.24) is 0 Å². The second-order valence-electron chi connectivity index (χ2n) is 6.34. The normalized spacial score (nSPS) is 12.7. The van der Waals surface area contributed by atoms with E-state index in [-0.39, 0.29) is 16.9 Å². The molecule has 0 radical (unpaired) electrons. The maximum absolute atomic E-state index is 13.0. The number of carbonyl (C=O) groups is 2. The summed E-state index contributed by atoms with van der Waals surface area (Å²) in [6.07, 6.45) is -3.89. The van der Waals surface area contributed by atoms with Gasteiger partial charge in [-0.15, -0.1) is 0 Å². The number of amides is 1. The summed E-state index contributed by atoms with van der Waals surface area (Å²) >= 11 is 0. The molecule has 0 saturated heterocycles. The van der Waals surface area contributed by atoms with E-state index in [0.29, 0.717) is 10.4 Å². The van der Waals surface area contributed by atoms with Crippen LogP contribution in [-0.2, 0) is 25.7 Å². The van der Waals surface area contributed by atoms with Gasteiger partial charge in [-0.05, 0) is 43.3 Å². The minimum absolute atomic E-state index is 0.154. The molecular formula is C19H19F3N2O5S. The third-order valence-electron chi connectivity index (χ3n) is 4.07. The minimum atomic E-state index is -4.68. The number of carbonyl (C=O) groups excluding carboxylic acids is 2. The van der Waals surface area contributed by atoms with Gasteiger partial charge in [-0.25, -0.2) is 13.2 Å². The van der Waals surface area contributed by atoms with Gasteiger partial charge in [-0.1, -0.05) is 12.1 Å².